The SMILES string of the molecule is O=C(Nc1nc(-c2cccs2)cs1)C1CCCN1S(=O)(=O)c1ccc(Cl)s1. The summed E-state index contributed by atoms with van der Waals surface area (Å²) in [6.07, 6.45) is 1.11. The molecule has 0 saturated carbocycles. The highest BCUT2D eigenvalue weighted by Crippen LogP contribution is 2.33. The van der Waals surface area contributed by atoms with Gasteiger partial charge in [0.1, 0.15) is 10.3 Å². The molecule has 1 saturated heterocycles. The van der Waals surface area contributed by atoms with Gasteiger partial charge in [0, 0.05) is 11.9 Å². The van der Waals surface area contributed by atoms with Gasteiger partial charge in [-0.3, -0.25) is 4.79 Å². The van der Waals surface area contributed by atoms with Gasteiger partial charge >= 0.3 is 0 Å². The molecule has 6 nitrogen and oxygen atoms in total. The molecule has 1 aliphatic rings. The number of halogens is 1. The van der Waals surface area contributed by atoms with Crippen molar-refractivity contribution in [1.29, 1.82) is 0 Å². The monoisotopic (exact) mass is 459 g/mol. The molecule has 1 fully saturated rings. The molecule has 0 bridgehead atoms. The lowest BCUT2D eigenvalue weighted by Crippen LogP contribution is -2.42. The standard InChI is InChI=1S/C16H14ClN3O3S4/c17-13-5-6-14(26-13)27(22,23)20-7-1-3-11(20)15(21)19-16-18-10(9-25-16)12-4-2-8-24-12/h2,4-6,8-9,11H,1,3,7H2,(H,18,19,21). The maximum atomic E-state index is 12.9. The first-order valence-electron chi connectivity index (χ1n) is 8.02. The Morgan fingerprint density at radius 2 is 2.15 bits per heavy atom. The van der Waals surface area contributed by atoms with Crippen LogP contribution in [-0.4, -0.2) is 36.2 Å². The van der Waals surface area contributed by atoms with Crippen LogP contribution in [0.3, 0.4) is 0 Å². The maximum Gasteiger partial charge on any atom is 0.253 e. The van der Waals surface area contributed by atoms with E-state index in [-0.39, 0.29) is 10.1 Å². The van der Waals surface area contributed by atoms with Crippen LogP contribution in [-0.2, 0) is 14.8 Å². The third-order valence-electron chi connectivity index (χ3n) is 4.13. The van der Waals surface area contributed by atoms with Crippen LogP contribution in [0.15, 0.2) is 39.2 Å². The summed E-state index contributed by atoms with van der Waals surface area (Å²) in [6.45, 7) is 0.314. The van der Waals surface area contributed by atoms with Crippen molar-refractivity contribution >= 4 is 66.7 Å². The zero-order valence-electron chi connectivity index (χ0n) is 13.8. The number of hydrogen-bond acceptors (Lipinski definition) is 7. The molecule has 0 aromatic carbocycles. The second kappa shape index (κ2) is 7.61. The second-order valence-electron chi connectivity index (χ2n) is 5.84. The number of nitrogens with zero attached hydrogens (tertiary/aromatic N) is 2. The average molecular weight is 460 g/mol. The Bertz CT molecular complexity index is 1060. The van der Waals surface area contributed by atoms with E-state index in [2.05, 4.69) is 10.3 Å². The number of rotatable bonds is 5. The quantitative estimate of drug-likeness (QED) is 0.614. The Balaban J connectivity index is 1.51. The van der Waals surface area contributed by atoms with Crippen molar-refractivity contribution in [3.8, 4) is 10.6 Å². The van der Waals surface area contributed by atoms with Crippen molar-refractivity contribution in [2.75, 3.05) is 11.9 Å². The van der Waals surface area contributed by atoms with E-state index in [1.54, 1.807) is 17.4 Å². The number of anilines is 1. The number of carbonyl (C=O) groups excluding carboxylic acids is 1. The van der Waals surface area contributed by atoms with Gasteiger partial charge in [-0.25, -0.2) is 13.4 Å². The van der Waals surface area contributed by atoms with Crippen molar-refractivity contribution in [3.63, 3.8) is 0 Å². The summed E-state index contributed by atoms with van der Waals surface area (Å²) in [5.74, 6) is -0.356. The van der Waals surface area contributed by atoms with E-state index in [9.17, 15) is 13.2 Å². The van der Waals surface area contributed by atoms with E-state index in [1.165, 1.54) is 21.7 Å². The molecule has 142 valence electrons. The summed E-state index contributed by atoms with van der Waals surface area (Å²) in [5.41, 5.74) is 0.800. The average Bonchev–Trinajstić information content (AvgIpc) is 3.40. The molecule has 11 heteroatoms. The molecule has 1 aliphatic heterocycles. The molecule has 1 N–H and O–H groups in total. The molecular formula is C16H14ClN3O3S4. The zero-order valence-corrected chi connectivity index (χ0v) is 17.8. The molecule has 3 aromatic rings. The van der Waals surface area contributed by atoms with Crippen LogP contribution in [0.5, 0.6) is 0 Å². The Morgan fingerprint density at radius 1 is 1.30 bits per heavy atom. The molecule has 3 aromatic heterocycles. The predicted octanol–water partition coefficient (Wildman–Crippen LogP) is 4.38. The first kappa shape index (κ1) is 19.0. The molecule has 1 unspecified atom stereocenters. The highest BCUT2D eigenvalue weighted by atomic mass is 35.5. The smallest absolute Gasteiger partial charge is 0.253 e. The number of aromatic nitrogens is 1. The van der Waals surface area contributed by atoms with Crippen LogP contribution in [0.2, 0.25) is 4.34 Å². The fourth-order valence-electron chi connectivity index (χ4n) is 2.90. The number of thiophene rings is 2. The Kier molecular flexibility index (Phi) is 5.36. The predicted molar refractivity (Wildman–Crippen MR) is 110 cm³/mol. The lowest BCUT2D eigenvalue weighted by atomic mass is 10.2. The second-order valence-corrected chi connectivity index (χ2v) is 11.5. The summed E-state index contributed by atoms with van der Waals surface area (Å²) in [4.78, 5) is 18.2. The van der Waals surface area contributed by atoms with Gasteiger partial charge < -0.3 is 5.32 Å². The summed E-state index contributed by atoms with van der Waals surface area (Å²) in [7, 11) is -3.74. The molecule has 4 rings (SSSR count). The van der Waals surface area contributed by atoms with Gasteiger partial charge in [-0.1, -0.05) is 17.7 Å². The highest BCUT2D eigenvalue weighted by Gasteiger charge is 2.40. The highest BCUT2D eigenvalue weighted by molar-refractivity contribution is 7.91. The molecule has 1 atom stereocenters. The van der Waals surface area contributed by atoms with Crippen LogP contribution >= 0.6 is 45.6 Å². The normalized spacial score (nSPS) is 18.0. The Labute approximate surface area is 173 Å². The fourth-order valence-corrected chi connectivity index (χ4v) is 7.64. The van der Waals surface area contributed by atoms with Gasteiger partial charge in [-0.15, -0.1) is 34.0 Å². The van der Waals surface area contributed by atoms with Gasteiger partial charge in [0.2, 0.25) is 5.91 Å². The molecule has 0 aliphatic carbocycles. The Hall–Kier alpha value is -1.30. The lowest BCUT2D eigenvalue weighted by molar-refractivity contribution is -0.119. The van der Waals surface area contributed by atoms with E-state index in [0.717, 1.165) is 21.9 Å². The van der Waals surface area contributed by atoms with Crippen molar-refractivity contribution < 1.29 is 13.2 Å². The van der Waals surface area contributed by atoms with Crippen LogP contribution in [0.1, 0.15) is 12.8 Å². The van der Waals surface area contributed by atoms with E-state index in [4.69, 9.17) is 11.6 Å². The van der Waals surface area contributed by atoms with Gasteiger partial charge in [-0.05, 0) is 36.4 Å². The lowest BCUT2D eigenvalue weighted by Gasteiger charge is -2.22. The number of thiazole rings is 1. The van der Waals surface area contributed by atoms with Crippen molar-refractivity contribution in [2.24, 2.45) is 0 Å². The van der Waals surface area contributed by atoms with Gasteiger partial charge in [0.05, 0.1) is 14.9 Å². The fraction of sp³-hybridized carbons (Fsp3) is 0.250. The number of carbonyl (C=O) groups is 1. The summed E-state index contributed by atoms with van der Waals surface area (Å²) in [5, 5.41) is 7.07. The van der Waals surface area contributed by atoms with E-state index < -0.39 is 16.1 Å². The minimum atomic E-state index is -3.74. The molecule has 0 spiro atoms. The molecular weight excluding hydrogens is 446 g/mol. The number of sulfonamides is 1. The minimum absolute atomic E-state index is 0.154. The van der Waals surface area contributed by atoms with Crippen molar-refractivity contribution in [2.45, 2.75) is 23.1 Å². The topological polar surface area (TPSA) is 79.4 Å². The third kappa shape index (κ3) is 3.82. The first-order valence-corrected chi connectivity index (χ1v) is 12.4. The summed E-state index contributed by atoms with van der Waals surface area (Å²) in [6, 6.07) is 6.18. The maximum absolute atomic E-state index is 12.9. The van der Waals surface area contributed by atoms with E-state index >= 15 is 0 Å². The van der Waals surface area contributed by atoms with E-state index in [1.807, 2.05) is 22.9 Å². The van der Waals surface area contributed by atoms with Crippen LogP contribution in [0.25, 0.3) is 10.6 Å². The molecule has 4 heterocycles. The molecule has 0 radical (unpaired) electrons. The van der Waals surface area contributed by atoms with Gasteiger partial charge in [0.25, 0.3) is 10.0 Å². The zero-order chi connectivity index (χ0) is 19.0. The third-order valence-corrected chi connectivity index (χ3v) is 9.38. The Morgan fingerprint density at radius 3 is 2.85 bits per heavy atom. The van der Waals surface area contributed by atoms with Gasteiger partial charge in [0.15, 0.2) is 5.13 Å². The van der Waals surface area contributed by atoms with Crippen molar-refractivity contribution in [3.05, 3.63) is 39.4 Å². The molecule has 1 amide bonds. The van der Waals surface area contributed by atoms with Gasteiger partial charge in [-0.2, -0.15) is 4.31 Å². The summed E-state index contributed by atoms with van der Waals surface area (Å²) >= 11 is 9.77. The number of hydrogen-bond donors (Lipinski definition) is 1. The largest absolute Gasteiger partial charge is 0.301 e. The van der Waals surface area contributed by atoms with Crippen LogP contribution < -0.4 is 5.32 Å². The van der Waals surface area contributed by atoms with Crippen LogP contribution in [0.4, 0.5) is 5.13 Å². The number of nitrogens with one attached hydrogen (secondary N) is 1. The first-order chi connectivity index (χ1) is 12.9. The van der Waals surface area contributed by atoms with E-state index in [0.29, 0.717) is 28.9 Å². The molecule has 27 heavy (non-hydrogen) atoms. The summed E-state index contributed by atoms with van der Waals surface area (Å²) < 4.78 is 27.5. The minimum Gasteiger partial charge on any atom is -0.301 e. The van der Waals surface area contributed by atoms with Crippen molar-refractivity contribution in [1.82, 2.24) is 9.29 Å². The van der Waals surface area contributed by atoms with Crippen LogP contribution in [0, 0.1) is 0 Å². The number of amides is 1.